The van der Waals surface area contributed by atoms with Crippen LogP contribution in [-0.2, 0) is 0 Å². The third-order valence-corrected chi connectivity index (χ3v) is 4.65. The van der Waals surface area contributed by atoms with E-state index in [1.165, 1.54) is 6.07 Å². The molecular weight excluding hydrogens is 274 g/mol. The summed E-state index contributed by atoms with van der Waals surface area (Å²) in [7, 11) is 0. The van der Waals surface area contributed by atoms with E-state index < -0.39 is 11.6 Å². The van der Waals surface area contributed by atoms with Crippen molar-refractivity contribution in [3.8, 4) is 0 Å². The summed E-state index contributed by atoms with van der Waals surface area (Å²) < 4.78 is 29.4. The van der Waals surface area contributed by atoms with E-state index in [-0.39, 0.29) is 6.04 Å². The number of halogens is 2. The molecule has 0 spiro atoms. The second-order valence-electron chi connectivity index (χ2n) is 4.43. The van der Waals surface area contributed by atoms with Crippen molar-refractivity contribution in [3.63, 3.8) is 0 Å². The maximum atomic E-state index is 13.7. The highest BCUT2D eigenvalue weighted by Crippen LogP contribution is 2.31. The van der Waals surface area contributed by atoms with Gasteiger partial charge in [-0.3, -0.25) is 0 Å². The maximum Gasteiger partial charge on any atom is 0.178 e. The van der Waals surface area contributed by atoms with Crippen LogP contribution in [0.25, 0.3) is 11.0 Å². The molecule has 18 heavy (non-hydrogen) atoms. The van der Waals surface area contributed by atoms with Crippen LogP contribution in [0.5, 0.6) is 0 Å². The summed E-state index contributed by atoms with van der Waals surface area (Å²) >= 11 is 7.16. The lowest BCUT2D eigenvalue weighted by Crippen LogP contribution is -2.15. The van der Waals surface area contributed by atoms with E-state index in [1.54, 1.807) is 0 Å². The topological polar surface area (TPSA) is 20.7 Å². The normalized spacial score (nSPS) is 17.4. The number of fused-ring (bicyclic) bond motifs is 1. The minimum Gasteiger partial charge on any atom is -0.328 e. The van der Waals surface area contributed by atoms with Crippen LogP contribution in [0.2, 0.25) is 0 Å². The van der Waals surface area contributed by atoms with Crippen molar-refractivity contribution in [2.24, 2.45) is 0 Å². The molecule has 1 N–H and O–H groups in total. The molecule has 0 saturated carbocycles. The van der Waals surface area contributed by atoms with Crippen LogP contribution in [0.4, 0.5) is 8.78 Å². The van der Waals surface area contributed by atoms with Gasteiger partial charge in [0, 0.05) is 12.1 Å². The number of H-pyrrole nitrogens is 1. The highest BCUT2D eigenvalue weighted by Gasteiger charge is 2.20. The van der Waals surface area contributed by atoms with Crippen molar-refractivity contribution < 1.29 is 8.78 Å². The van der Waals surface area contributed by atoms with Crippen LogP contribution < -0.4 is 0 Å². The molecule has 1 aromatic carbocycles. The standard InChI is InChI=1S/C12H12F2N2S2/c13-7-5-9(14)11-10(6-7)16(12(17)15-11)8-1-3-18-4-2-8/h5-6,8H,1-4H2,(H,15,17). The molecule has 2 heterocycles. The molecule has 1 aliphatic rings. The average Bonchev–Trinajstić information content (AvgIpc) is 2.67. The molecule has 1 aliphatic heterocycles. The number of nitrogens with one attached hydrogen (secondary N) is 1. The van der Waals surface area contributed by atoms with Gasteiger partial charge in [-0.15, -0.1) is 0 Å². The molecule has 1 saturated heterocycles. The Labute approximate surface area is 112 Å². The Hall–Kier alpha value is -0.880. The first-order valence-electron chi connectivity index (χ1n) is 5.84. The monoisotopic (exact) mass is 286 g/mol. The minimum atomic E-state index is -0.583. The Balaban J connectivity index is 2.21. The Bertz CT molecular complexity index is 641. The van der Waals surface area contributed by atoms with Crippen molar-refractivity contribution >= 4 is 35.0 Å². The van der Waals surface area contributed by atoms with Gasteiger partial charge in [-0.2, -0.15) is 11.8 Å². The van der Waals surface area contributed by atoms with E-state index in [9.17, 15) is 8.78 Å². The lowest BCUT2D eigenvalue weighted by molar-refractivity contribution is 0.475. The number of rotatable bonds is 1. The van der Waals surface area contributed by atoms with Crippen molar-refractivity contribution in [2.75, 3.05) is 11.5 Å². The molecule has 0 bridgehead atoms. The van der Waals surface area contributed by atoms with Crippen LogP contribution in [-0.4, -0.2) is 21.1 Å². The van der Waals surface area contributed by atoms with Crippen LogP contribution in [0.1, 0.15) is 18.9 Å². The SMILES string of the molecule is Fc1cc(F)c2[nH]c(=S)n(C3CCSCC3)c2c1. The summed E-state index contributed by atoms with van der Waals surface area (Å²) in [6.45, 7) is 0. The predicted octanol–water partition coefficient (Wildman–Crippen LogP) is 4.05. The second-order valence-corrected chi connectivity index (χ2v) is 6.04. The zero-order chi connectivity index (χ0) is 12.7. The number of thioether (sulfide) groups is 1. The molecule has 6 heteroatoms. The number of benzene rings is 1. The number of hydrogen-bond acceptors (Lipinski definition) is 2. The van der Waals surface area contributed by atoms with Crippen LogP contribution in [0.3, 0.4) is 0 Å². The Morgan fingerprint density at radius 2 is 2.00 bits per heavy atom. The first-order valence-corrected chi connectivity index (χ1v) is 7.40. The minimum absolute atomic E-state index is 0.244. The number of imidazole rings is 1. The van der Waals surface area contributed by atoms with Crippen LogP contribution in [0.15, 0.2) is 12.1 Å². The van der Waals surface area contributed by atoms with Crippen LogP contribution >= 0.6 is 24.0 Å². The molecule has 2 aromatic rings. The van der Waals surface area contributed by atoms with Crippen molar-refractivity contribution in [2.45, 2.75) is 18.9 Å². The molecular formula is C12H12F2N2S2. The molecule has 0 atom stereocenters. The first kappa shape index (κ1) is 12.2. The maximum absolute atomic E-state index is 13.7. The number of aromatic nitrogens is 2. The largest absolute Gasteiger partial charge is 0.328 e. The van der Waals surface area contributed by atoms with Gasteiger partial charge in [0.2, 0.25) is 0 Å². The second kappa shape index (κ2) is 4.66. The van der Waals surface area contributed by atoms with E-state index >= 15 is 0 Å². The third kappa shape index (κ3) is 1.97. The molecule has 2 nitrogen and oxygen atoms in total. The molecule has 96 valence electrons. The highest BCUT2D eigenvalue weighted by atomic mass is 32.2. The molecule has 0 unspecified atom stereocenters. The number of nitrogens with zero attached hydrogens (tertiary/aromatic N) is 1. The number of hydrogen-bond donors (Lipinski definition) is 1. The Morgan fingerprint density at radius 3 is 2.72 bits per heavy atom. The molecule has 1 fully saturated rings. The van der Waals surface area contributed by atoms with Gasteiger partial charge < -0.3 is 9.55 Å². The quantitative estimate of drug-likeness (QED) is 0.798. The summed E-state index contributed by atoms with van der Waals surface area (Å²) in [5.74, 6) is 0.987. The fourth-order valence-corrected chi connectivity index (χ4v) is 3.89. The van der Waals surface area contributed by atoms with Gasteiger partial charge in [0.15, 0.2) is 10.6 Å². The molecule has 0 radical (unpaired) electrons. The molecule has 0 amide bonds. The van der Waals surface area contributed by atoms with Gasteiger partial charge in [-0.1, -0.05) is 0 Å². The summed E-state index contributed by atoms with van der Waals surface area (Å²) in [5, 5.41) is 0. The van der Waals surface area contributed by atoms with E-state index in [0.717, 1.165) is 30.4 Å². The van der Waals surface area contributed by atoms with Gasteiger partial charge >= 0.3 is 0 Å². The summed E-state index contributed by atoms with van der Waals surface area (Å²) in [6.07, 6.45) is 1.98. The Kier molecular flexibility index (Phi) is 3.15. The smallest absolute Gasteiger partial charge is 0.178 e. The molecule has 3 rings (SSSR count). The van der Waals surface area contributed by atoms with Gasteiger partial charge in [-0.25, -0.2) is 8.78 Å². The molecule has 1 aromatic heterocycles. The van der Waals surface area contributed by atoms with Gasteiger partial charge in [0.05, 0.1) is 5.52 Å². The van der Waals surface area contributed by atoms with Gasteiger partial charge in [0.1, 0.15) is 11.3 Å². The first-order chi connectivity index (χ1) is 8.66. The third-order valence-electron chi connectivity index (χ3n) is 3.30. The van der Waals surface area contributed by atoms with E-state index in [4.69, 9.17) is 12.2 Å². The highest BCUT2D eigenvalue weighted by molar-refractivity contribution is 7.99. The van der Waals surface area contributed by atoms with Crippen LogP contribution in [0, 0.1) is 16.4 Å². The Morgan fingerprint density at radius 1 is 1.28 bits per heavy atom. The van der Waals surface area contributed by atoms with Crippen molar-refractivity contribution in [1.29, 1.82) is 0 Å². The van der Waals surface area contributed by atoms with E-state index in [2.05, 4.69) is 4.98 Å². The average molecular weight is 286 g/mol. The summed E-state index contributed by atoms with van der Waals surface area (Å²) in [6, 6.07) is 2.48. The number of aromatic amines is 1. The fourth-order valence-electron chi connectivity index (χ4n) is 2.46. The predicted molar refractivity (Wildman–Crippen MR) is 72.6 cm³/mol. The lowest BCUT2D eigenvalue weighted by Gasteiger charge is -2.23. The van der Waals surface area contributed by atoms with E-state index in [1.807, 2.05) is 16.3 Å². The molecule has 0 aliphatic carbocycles. The van der Waals surface area contributed by atoms with Gasteiger partial charge in [0.25, 0.3) is 0 Å². The van der Waals surface area contributed by atoms with Gasteiger partial charge in [-0.05, 0) is 42.6 Å². The zero-order valence-electron chi connectivity index (χ0n) is 9.58. The summed E-state index contributed by atoms with van der Waals surface area (Å²) in [5.41, 5.74) is 0.842. The van der Waals surface area contributed by atoms with E-state index in [0.29, 0.717) is 15.8 Å². The zero-order valence-corrected chi connectivity index (χ0v) is 11.2. The lowest BCUT2D eigenvalue weighted by atomic mass is 10.1. The fraction of sp³-hybridized carbons (Fsp3) is 0.417. The summed E-state index contributed by atoms with van der Waals surface area (Å²) in [4.78, 5) is 2.85. The van der Waals surface area contributed by atoms with Crippen molar-refractivity contribution in [3.05, 3.63) is 28.5 Å². The van der Waals surface area contributed by atoms with Crippen molar-refractivity contribution in [1.82, 2.24) is 9.55 Å².